The Morgan fingerprint density at radius 2 is 1.90 bits per heavy atom. The van der Waals surface area contributed by atoms with Gasteiger partial charge in [-0.1, -0.05) is 35.9 Å². The fourth-order valence-electron chi connectivity index (χ4n) is 2.85. The molecule has 1 N–H and O–H groups in total. The number of rotatable bonds is 8. The lowest BCUT2D eigenvalue weighted by atomic mass is 10.1. The largest absolute Gasteiger partial charge is 0.490 e. The SMILES string of the molecule is CCOc1cc(C=C2NC(=O)N(CC(=O)OC)C2=O)ccc1OCc1ccccc1Cl. The maximum Gasteiger partial charge on any atom is 0.329 e. The highest BCUT2D eigenvalue weighted by Crippen LogP contribution is 2.31. The Hall–Kier alpha value is -3.52. The van der Waals surface area contributed by atoms with Crippen LogP contribution in [0.3, 0.4) is 0 Å². The molecule has 8 nitrogen and oxygen atoms in total. The molecule has 1 aliphatic heterocycles. The maximum atomic E-state index is 12.4. The van der Waals surface area contributed by atoms with E-state index in [1.165, 1.54) is 13.2 Å². The molecule has 1 saturated heterocycles. The lowest BCUT2D eigenvalue weighted by Crippen LogP contribution is -2.36. The van der Waals surface area contributed by atoms with Crippen molar-refractivity contribution in [1.82, 2.24) is 10.2 Å². The zero-order chi connectivity index (χ0) is 22.4. The number of carbonyl (C=O) groups is 3. The van der Waals surface area contributed by atoms with Crippen molar-refractivity contribution in [2.45, 2.75) is 13.5 Å². The lowest BCUT2D eigenvalue weighted by molar-refractivity contribution is -0.143. The molecule has 3 amide bonds. The third-order valence-electron chi connectivity index (χ3n) is 4.40. The van der Waals surface area contributed by atoms with Gasteiger partial charge < -0.3 is 19.5 Å². The lowest BCUT2D eigenvalue weighted by Gasteiger charge is -2.13. The normalized spacial score (nSPS) is 14.5. The van der Waals surface area contributed by atoms with Crippen LogP contribution < -0.4 is 14.8 Å². The Morgan fingerprint density at radius 1 is 1.13 bits per heavy atom. The van der Waals surface area contributed by atoms with Crippen molar-refractivity contribution in [1.29, 1.82) is 0 Å². The molecule has 1 heterocycles. The summed E-state index contributed by atoms with van der Waals surface area (Å²) in [7, 11) is 1.18. The van der Waals surface area contributed by atoms with Gasteiger partial charge in [0.05, 0.1) is 13.7 Å². The number of imide groups is 1. The van der Waals surface area contributed by atoms with E-state index in [0.717, 1.165) is 10.5 Å². The van der Waals surface area contributed by atoms with Crippen molar-refractivity contribution >= 4 is 35.6 Å². The number of halogens is 1. The number of amides is 3. The van der Waals surface area contributed by atoms with Gasteiger partial charge in [0.2, 0.25) is 0 Å². The summed E-state index contributed by atoms with van der Waals surface area (Å²) < 4.78 is 16.0. The van der Waals surface area contributed by atoms with Gasteiger partial charge in [-0.05, 0) is 36.8 Å². The second kappa shape index (κ2) is 9.99. The Morgan fingerprint density at radius 3 is 2.61 bits per heavy atom. The van der Waals surface area contributed by atoms with Gasteiger partial charge in [-0.25, -0.2) is 9.69 Å². The maximum absolute atomic E-state index is 12.4. The molecule has 0 aromatic heterocycles. The summed E-state index contributed by atoms with van der Waals surface area (Å²) in [5.41, 5.74) is 1.49. The number of ether oxygens (including phenoxy) is 3. The third-order valence-corrected chi connectivity index (χ3v) is 4.77. The number of methoxy groups -OCH3 is 1. The van der Waals surface area contributed by atoms with Gasteiger partial charge in [-0.3, -0.25) is 9.59 Å². The predicted molar refractivity (Wildman–Crippen MR) is 114 cm³/mol. The van der Waals surface area contributed by atoms with E-state index in [2.05, 4.69) is 10.1 Å². The Balaban J connectivity index is 1.79. The van der Waals surface area contributed by atoms with Gasteiger partial charge >= 0.3 is 12.0 Å². The first-order valence-corrected chi connectivity index (χ1v) is 9.85. The highest BCUT2D eigenvalue weighted by molar-refractivity contribution is 6.31. The van der Waals surface area contributed by atoms with Gasteiger partial charge in [0, 0.05) is 10.6 Å². The van der Waals surface area contributed by atoms with Gasteiger partial charge in [-0.2, -0.15) is 0 Å². The van der Waals surface area contributed by atoms with Crippen LogP contribution in [0.15, 0.2) is 48.2 Å². The molecule has 9 heteroatoms. The van der Waals surface area contributed by atoms with Gasteiger partial charge in [-0.15, -0.1) is 0 Å². The highest BCUT2D eigenvalue weighted by Gasteiger charge is 2.35. The van der Waals surface area contributed by atoms with Gasteiger partial charge in [0.15, 0.2) is 11.5 Å². The Bertz CT molecular complexity index is 1040. The van der Waals surface area contributed by atoms with Crippen LogP contribution in [0, 0.1) is 0 Å². The molecule has 0 bridgehead atoms. The zero-order valence-electron chi connectivity index (χ0n) is 17.0. The second-order valence-electron chi connectivity index (χ2n) is 6.47. The molecule has 31 heavy (non-hydrogen) atoms. The second-order valence-corrected chi connectivity index (χ2v) is 6.88. The molecular weight excluding hydrogens is 424 g/mol. The molecule has 0 aliphatic carbocycles. The minimum atomic E-state index is -0.691. The molecule has 3 rings (SSSR count). The van der Waals surface area contributed by atoms with E-state index < -0.39 is 24.5 Å². The van der Waals surface area contributed by atoms with E-state index in [1.807, 2.05) is 25.1 Å². The van der Waals surface area contributed by atoms with E-state index in [0.29, 0.717) is 28.7 Å². The van der Waals surface area contributed by atoms with Crippen molar-refractivity contribution < 1.29 is 28.6 Å². The van der Waals surface area contributed by atoms with Crippen molar-refractivity contribution in [3.8, 4) is 11.5 Å². The fraction of sp³-hybridized carbons (Fsp3) is 0.227. The van der Waals surface area contributed by atoms with Crippen molar-refractivity contribution in [3.05, 3.63) is 64.3 Å². The van der Waals surface area contributed by atoms with E-state index >= 15 is 0 Å². The van der Waals surface area contributed by atoms with Crippen LogP contribution in [0.4, 0.5) is 4.79 Å². The molecule has 0 unspecified atom stereocenters. The topological polar surface area (TPSA) is 94.2 Å². The molecule has 2 aromatic rings. The van der Waals surface area contributed by atoms with Crippen LogP contribution in [0.25, 0.3) is 6.08 Å². The summed E-state index contributed by atoms with van der Waals surface area (Å²) in [5.74, 6) is -0.319. The number of urea groups is 1. The minimum absolute atomic E-state index is 0.0427. The summed E-state index contributed by atoms with van der Waals surface area (Å²) in [6, 6.07) is 11.8. The minimum Gasteiger partial charge on any atom is -0.490 e. The molecule has 2 aromatic carbocycles. The van der Waals surface area contributed by atoms with Crippen molar-refractivity contribution in [2.24, 2.45) is 0 Å². The summed E-state index contributed by atoms with van der Waals surface area (Å²) in [6.45, 7) is 2.05. The van der Waals surface area contributed by atoms with E-state index in [-0.39, 0.29) is 12.3 Å². The summed E-state index contributed by atoms with van der Waals surface area (Å²) in [5, 5.41) is 3.06. The Kier molecular flexibility index (Phi) is 7.15. The monoisotopic (exact) mass is 444 g/mol. The molecule has 0 saturated carbocycles. The summed E-state index contributed by atoms with van der Waals surface area (Å²) >= 11 is 6.17. The molecule has 0 atom stereocenters. The van der Waals surface area contributed by atoms with Crippen LogP contribution in [0.5, 0.6) is 11.5 Å². The highest BCUT2D eigenvalue weighted by atomic mass is 35.5. The van der Waals surface area contributed by atoms with Gasteiger partial charge in [0.1, 0.15) is 18.8 Å². The zero-order valence-corrected chi connectivity index (χ0v) is 17.8. The predicted octanol–water partition coefficient (Wildman–Crippen LogP) is 3.38. The van der Waals surface area contributed by atoms with Crippen LogP contribution >= 0.6 is 11.6 Å². The quantitative estimate of drug-likeness (QED) is 0.381. The summed E-state index contributed by atoms with van der Waals surface area (Å²) in [6.07, 6.45) is 1.50. The average molecular weight is 445 g/mol. The number of esters is 1. The fourth-order valence-corrected chi connectivity index (χ4v) is 3.04. The van der Waals surface area contributed by atoms with Crippen molar-refractivity contribution in [2.75, 3.05) is 20.3 Å². The molecule has 0 spiro atoms. The van der Waals surface area contributed by atoms with E-state index in [4.69, 9.17) is 21.1 Å². The van der Waals surface area contributed by atoms with Crippen molar-refractivity contribution in [3.63, 3.8) is 0 Å². The van der Waals surface area contributed by atoms with Crippen LogP contribution in [0.1, 0.15) is 18.1 Å². The number of nitrogens with one attached hydrogen (secondary N) is 1. The number of nitrogens with zero attached hydrogens (tertiary/aromatic N) is 1. The third kappa shape index (κ3) is 5.35. The van der Waals surface area contributed by atoms with Crippen LogP contribution in [-0.4, -0.2) is 43.1 Å². The van der Waals surface area contributed by atoms with Crippen LogP contribution in [0.2, 0.25) is 5.02 Å². The molecular formula is C22H21ClN2O6. The Labute approximate surface area is 184 Å². The molecule has 0 radical (unpaired) electrons. The smallest absolute Gasteiger partial charge is 0.329 e. The molecule has 1 fully saturated rings. The molecule has 1 aliphatic rings. The first kappa shape index (κ1) is 22.2. The van der Waals surface area contributed by atoms with Crippen LogP contribution in [-0.2, 0) is 20.9 Å². The van der Waals surface area contributed by atoms with Gasteiger partial charge in [0.25, 0.3) is 5.91 Å². The number of hydrogen-bond donors (Lipinski definition) is 1. The van der Waals surface area contributed by atoms with E-state index in [9.17, 15) is 14.4 Å². The average Bonchev–Trinajstić information content (AvgIpc) is 3.01. The first-order chi connectivity index (χ1) is 14.9. The number of hydrogen-bond acceptors (Lipinski definition) is 6. The first-order valence-electron chi connectivity index (χ1n) is 9.47. The summed E-state index contributed by atoms with van der Waals surface area (Å²) in [4.78, 5) is 36.6. The standard InChI is InChI=1S/C22H21ClN2O6/c1-3-30-19-11-14(8-9-18(19)31-13-15-6-4-5-7-16(15)23)10-17-21(27)25(22(28)24-17)12-20(26)29-2/h4-11H,3,12-13H2,1-2H3,(H,24,28). The molecule has 162 valence electrons. The number of benzene rings is 2. The van der Waals surface area contributed by atoms with E-state index in [1.54, 1.807) is 24.3 Å². The number of carbonyl (C=O) groups excluding carboxylic acids is 3.